The van der Waals surface area contributed by atoms with Gasteiger partial charge < -0.3 is 5.32 Å². The standard InChI is InChI=1S/C5H13NO2S/c1-3-4-6-5-9(2,7)8/h6H,3-5H2,1-2H3. The van der Waals surface area contributed by atoms with Gasteiger partial charge in [-0.3, -0.25) is 0 Å². The van der Waals surface area contributed by atoms with Crippen molar-refractivity contribution >= 4 is 9.84 Å². The fourth-order valence-electron chi connectivity index (χ4n) is 0.434. The average molecular weight is 151 g/mol. The molecular formula is C5H13NO2S. The van der Waals surface area contributed by atoms with Gasteiger partial charge in [-0.15, -0.1) is 0 Å². The van der Waals surface area contributed by atoms with E-state index in [1.807, 2.05) is 6.92 Å². The minimum absolute atomic E-state index is 0.0981. The summed E-state index contributed by atoms with van der Waals surface area (Å²) in [5.41, 5.74) is 0. The fourth-order valence-corrected chi connectivity index (χ4v) is 0.949. The van der Waals surface area contributed by atoms with Crippen LogP contribution in [0, 0.1) is 0 Å². The minimum Gasteiger partial charge on any atom is -0.304 e. The molecule has 4 heteroatoms. The Bertz CT molecular complexity index is 150. The van der Waals surface area contributed by atoms with E-state index < -0.39 is 9.84 Å². The van der Waals surface area contributed by atoms with Crippen LogP contribution in [0.1, 0.15) is 13.3 Å². The van der Waals surface area contributed by atoms with Gasteiger partial charge in [0.2, 0.25) is 0 Å². The SMILES string of the molecule is CCCNCS(C)(=O)=O. The van der Waals surface area contributed by atoms with Gasteiger partial charge in [0.1, 0.15) is 0 Å². The first-order valence-corrected chi connectivity index (χ1v) is 5.00. The molecule has 56 valence electrons. The van der Waals surface area contributed by atoms with Gasteiger partial charge in [0, 0.05) is 6.26 Å². The smallest absolute Gasteiger partial charge is 0.160 e. The molecule has 9 heavy (non-hydrogen) atoms. The molecule has 0 aliphatic heterocycles. The molecule has 0 saturated carbocycles. The lowest BCUT2D eigenvalue weighted by Gasteiger charge is -1.97. The van der Waals surface area contributed by atoms with Crippen molar-refractivity contribution in [2.45, 2.75) is 13.3 Å². The molecule has 1 N–H and O–H groups in total. The Morgan fingerprint density at radius 3 is 2.33 bits per heavy atom. The third-order valence-corrected chi connectivity index (χ3v) is 1.52. The van der Waals surface area contributed by atoms with Gasteiger partial charge in [-0.05, 0) is 13.0 Å². The maximum Gasteiger partial charge on any atom is 0.160 e. The van der Waals surface area contributed by atoms with Crippen molar-refractivity contribution in [1.82, 2.24) is 5.32 Å². The Hall–Kier alpha value is -0.0900. The van der Waals surface area contributed by atoms with E-state index in [1.165, 1.54) is 6.26 Å². The third kappa shape index (κ3) is 7.91. The summed E-state index contributed by atoms with van der Waals surface area (Å²) in [5.74, 6) is 0.0981. The highest BCUT2D eigenvalue weighted by atomic mass is 32.2. The average Bonchev–Trinajstić information content (AvgIpc) is 1.63. The van der Waals surface area contributed by atoms with Crippen LogP contribution in [0.4, 0.5) is 0 Å². The van der Waals surface area contributed by atoms with Crippen LogP contribution in [0.25, 0.3) is 0 Å². The summed E-state index contributed by atoms with van der Waals surface area (Å²) in [6.07, 6.45) is 2.19. The van der Waals surface area contributed by atoms with E-state index in [2.05, 4.69) is 5.32 Å². The summed E-state index contributed by atoms with van der Waals surface area (Å²) in [5, 5.41) is 2.79. The Kier molecular flexibility index (Phi) is 3.81. The molecule has 0 rings (SSSR count). The highest BCUT2D eigenvalue weighted by molar-refractivity contribution is 7.90. The number of sulfone groups is 1. The van der Waals surface area contributed by atoms with E-state index in [0.717, 1.165) is 13.0 Å². The molecule has 0 atom stereocenters. The summed E-state index contributed by atoms with van der Waals surface area (Å²) in [6.45, 7) is 2.77. The van der Waals surface area contributed by atoms with E-state index in [1.54, 1.807) is 0 Å². The lowest BCUT2D eigenvalue weighted by atomic mass is 10.5. The van der Waals surface area contributed by atoms with Gasteiger partial charge in [0.05, 0.1) is 5.88 Å². The predicted octanol–water partition coefficient (Wildman–Crippen LogP) is -0.0119. The maximum absolute atomic E-state index is 10.4. The highest BCUT2D eigenvalue weighted by Crippen LogP contribution is 1.77. The summed E-state index contributed by atoms with van der Waals surface area (Å²) in [7, 11) is -2.81. The molecule has 0 heterocycles. The monoisotopic (exact) mass is 151 g/mol. The van der Waals surface area contributed by atoms with Crippen molar-refractivity contribution in [3.8, 4) is 0 Å². The summed E-state index contributed by atoms with van der Waals surface area (Å²) < 4.78 is 20.9. The molecule has 0 aliphatic rings. The Morgan fingerprint density at radius 2 is 2.00 bits per heavy atom. The number of nitrogens with one attached hydrogen (secondary N) is 1. The van der Waals surface area contributed by atoms with Crippen LogP contribution in [-0.4, -0.2) is 27.1 Å². The van der Waals surface area contributed by atoms with Gasteiger partial charge in [-0.2, -0.15) is 0 Å². The first kappa shape index (κ1) is 8.91. The van der Waals surface area contributed by atoms with Gasteiger partial charge in [0.15, 0.2) is 9.84 Å². The van der Waals surface area contributed by atoms with Crippen LogP contribution in [0.2, 0.25) is 0 Å². The van der Waals surface area contributed by atoms with E-state index in [0.29, 0.717) is 0 Å². The zero-order valence-electron chi connectivity index (χ0n) is 5.85. The van der Waals surface area contributed by atoms with E-state index in [9.17, 15) is 8.42 Å². The van der Waals surface area contributed by atoms with Crippen molar-refractivity contribution in [2.75, 3.05) is 18.7 Å². The van der Waals surface area contributed by atoms with Crippen LogP contribution >= 0.6 is 0 Å². The third-order valence-electron chi connectivity index (χ3n) is 0.791. The van der Waals surface area contributed by atoms with Crippen molar-refractivity contribution in [2.24, 2.45) is 0 Å². The molecule has 0 aromatic heterocycles. The van der Waals surface area contributed by atoms with Crippen molar-refractivity contribution < 1.29 is 8.42 Å². The van der Waals surface area contributed by atoms with E-state index >= 15 is 0 Å². The predicted molar refractivity (Wildman–Crippen MR) is 38.0 cm³/mol. The molecule has 0 aromatic rings. The Balaban J connectivity index is 3.30. The lowest BCUT2D eigenvalue weighted by Crippen LogP contribution is -2.22. The number of hydrogen-bond donors (Lipinski definition) is 1. The molecule has 0 saturated heterocycles. The molecule has 0 amide bonds. The summed E-state index contributed by atoms with van der Waals surface area (Å²) >= 11 is 0. The molecule has 0 fully saturated rings. The number of rotatable bonds is 4. The van der Waals surface area contributed by atoms with Gasteiger partial charge >= 0.3 is 0 Å². The molecule has 3 nitrogen and oxygen atoms in total. The summed E-state index contributed by atoms with van der Waals surface area (Å²) in [4.78, 5) is 0. The second-order valence-corrected chi connectivity index (χ2v) is 4.21. The first-order chi connectivity index (χ1) is 4.06. The van der Waals surface area contributed by atoms with Crippen LogP contribution in [0.5, 0.6) is 0 Å². The van der Waals surface area contributed by atoms with Crippen molar-refractivity contribution in [3.63, 3.8) is 0 Å². The second kappa shape index (κ2) is 3.85. The lowest BCUT2D eigenvalue weighted by molar-refractivity contribution is 0.592. The van der Waals surface area contributed by atoms with Crippen LogP contribution in [-0.2, 0) is 9.84 Å². The van der Waals surface area contributed by atoms with Gasteiger partial charge in [0.25, 0.3) is 0 Å². The second-order valence-electron chi connectivity index (χ2n) is 2.07. The van der Waals surface area contributed by atoms with E-state index in [4.69, 9.17) is 0 Å². The van der Waals surface area contributed by atoms with Crippen molar-refractivity contribution in [3.05, 3.63) is 0 Å². The van der Waals surface area contributed by atoms with Crippen LogP contribution < -0.4 is 5.32 Å². The molecule has 0 unspecified atom stereocenters. The maximum atomic E-state index is 10.4. The molecule has 0 aliphatic carbocycles. The Labute approximate surface area is 56.4 Å². The van der Waals surface area contributed by atoms with Gasteiger partial charge in [-0.25, -0.2) is 8.42 Å². The fraction of sp³-hybridized carbons (Fsp3) is 1.00. The zero-order valence-corrected chi connectivity index (χ0v) is 6.66. The molecule has 0 spiro atoms. The number of hydrogen-bond acceptors (Lipinski definition) is 3. The van der Waals surface area contributed by atoms with Crippen LogP contribution in [0.3, 0.4) is 0 Å². The normalized spacial score (nSPS) is 11.8. The molecule has 0 radical (unpaired) electrons. The zero-order chi connectivity index (χ0) is 7.33. The quantitative estimate of drug-likeness (QED) is 0.575. The minimum atomic E-state index is -2.81. The Morgan fingerprint density at radius 1 is 1.44 bits per heavy atom. The molecular weight excluding hydrogens is 138 g/mol. The van der Waals surface area contributed by atoms with Crippen LogP contribution in [0.15, 0.2) is 0 Å². The molecule has 0 aromatic carbocycles. The topological polar surface area (TPSA) is 46.2 Å². The van der Waals surface area contributed by atoms with Gasteiger partial charge in [-0.1, -0.05) is 6.92 Å². The highest BCUT2D eigenvalue weighted by Gasteiger charge is 1.97. The largest absolute Gasteiger partial charge is 0.304 e. The van der Waals surface area contributed by atoms with E-state index in [-0.39, 0.29) is 5.88 Å². The molecule has 0 bridgehead atoms. The summed E-state index contributed by atoms with van der Waals surface area (Å²) in [6, 6.07) is 0. The first-order valence-electron chi connectivity index (χ1n) is 2.94. The van der Waals surface area contributed by atoms with Crippen molar-refractivity contribution in [1.29, 1.82) is 0 Å².